The molecule has 136 valence electrons. The molecule has 0 spiro atoms. The standard InChI is InChI=1S/C22H13F2N3O/c23-16-4-1-14(2-5-16)22-19-13-15(3-10-20(19)26-28-22)21-11-12-25-27(21)18-8-6-17(24)7-9-18/h1-13H. The van der Waals surface area contributed by atoms with Crippen LogP contribution >= 0.6 is 0 Å². The van der Waals surface area contributed by atoms with Crippen LogP contribution in [0.3, 0.4) is 0 Å². The van der Waals surface area contributed by atoms with Gasteiger partial charge in [-0.1, -0.05) is 11.2 Å². The first kappa shape index (κ1) is 16.4. The van der Waals surface area contributed by atoms with Crippen molar-refractivity contribution in [3.8, 4) is 28.3 Å². The summed E-state index contributed by atoms with van der Waals surface area (Å²) in [5, 5.41) is 9.28. The highest BCUT2D eigenvalue weighted by atomic mass is 19.1. The molecule has 0 saturated heterocycles. The molecule has 0 aliphatic rings. The molecule has 0 amide bonds. The lowest BCUT2D eigenvalue weighted by Gasteiger charge is -2.08. The molecule has 0 atom stereocenters. The molecule has 0 radical (unpaired) electrons. The molecule has 0 N–H and O–H groups in total. The van der Waals surface area contributed by atoms with Crippen molar-refractivity contribution in [3.63, 3.8) is 0 Å². The molecule has 5 aromatic rings. The van der Waals surface area contributed by atoms with Crippen LogP contribution in [-0.4, -0.2) is 14.9 Å². The van der Waals surface area contributed by atoms with Gasteiger partial charge in [0.1, 0.15) is 17.2 Å². The van der Waals surface area contributed by atoms with E-state index in [-0.39, 0.29) is 11.6 Å². The highest BCUT2D eigenvalue weighted by molar-refractivity contribution is 5.94. The second-order valence-electron chi connectivity index (χ2n) is 6.36. The zero-order valence-electron chi connectivity index (χ0n) is 14.5. The molecule has 0 aliphatic carbocycles. The number of nitrogens with zero attached hydrogens (tertiary/aromatic N) is 3. The van der Waals surface area contributed by atoms with E-state index in [9.17, 15) is 8.78 Å². The lowest BCUT2D eigenvalue weighted by molar-refractivity contribution is 0.441. The minimum Gasteiger partial charge on any atom is -0.355 e. The SMILES string of the molecule is Fc1ccc(-c2onc3ccc(-c4ccnn4-c4ccc(F)cc4)cc23)cc1. The zero-order chi connectivity index (χ0) is 19.1. The first-order valence-corrected chi connectivity index (χ1v) is 8.65. The Morgan fingerprint density at radius 2 is 1.43 bits per heavy atom. The van der Waals surface area contributed by atoms with Crippen LogP contribution in [0.15, 0.2) is 83.5 Å². The Kier molecular flexibility index (Phi) is 3.76. The number of rotatable bonds is 3. The number of aromatic nitrogens is 3. The van der Waals surface area contributed by atoms with Gasteiger partial charge in [-0.2, -0.15) is 5.10 Å². The summed E-state index contributed by atoms with van der Waals surface area (Å²) in [5.74, 6) is -0.0338. The molecule has 0 bridgehead atoms. The monoisotopic (exact) mass is 373 g/mol. The molecule has 2 aromatic heterocycles. The van der Waals surface area contributed by atoms with Crippen LogP contribution < -0.4 is 0 Å². The van der Waals surface area contributed by atoms with E-state index in [2.05, 4.69) is 10.3 Å². The van der Waals surface area contributed by atoms with Gasteiger partial charge in [0.25, 0.3) is 0 Å². The number of fused-ring (bicyclic) bond motifs is 1. The maximum Gasteiger partial charge on any atom is 0.174 e. The summed E-state index contributed by atoms with van der Waals surface area (Å²) < 4.78 is 33.7. The molecule has 0 saturated carbocycles. The van der Waals surface area contributed by atoms with Gasteiger partial charge in [-0.05, 0) is 66.7 Å². The van der Waals surface area contributed by atoms with Crippen LogP contribution in [0.1, 0.15) is 0 Å². The number of hydrogen-bond donors (Lipinski definition) is 0. The maximum atomic E-state index is 13.3. The van der Waals surface area contributed by atoms with Crippen molar-refractivity contribution < 1.29 is 13.3 Å². The lowest BCUT2D eigenvalue weighted by atomic mass is 10.0. The van der Waals surface area contributed by atoms with Crippen molar-refractivity contribution in [2.75, 3.05) is 0 Å². The fraction of sp³-hybridized carbons (Fsp3) is 0. The summed E-state index contributed by atoms with van der Waals surface area (Å²) in [4.78, 5) is 0. The molecule has 6 heteroatoms. The smallest absolute Gasteiger partial charge is 0.174 e. The molecule has 5 rings (SSSR count). The fourth-order valence-corrected chi connectivity index (χ4v) is 3.22. The molecule has 0 fully saturated rings. The van der Waals surface area contributed by atoms with Crippen molar-refractivity contribution >= 4 is 10.9 Å². The third-order valence-electron chi connectivity index (χ3n) is 4.59. The van der Waals surface area contributed by atoms with Gasteiger partial charge in [0.2, 0.25) is 0 Å². The molecule has 0 aliphatic heterocycles. The summed E-state index contributed by atoms with van der Waals surface area (Å²) in [6.07, 6.45) is 1.69. The van der Waals surface area contributed by atoms with Crippen LogP contribution in [0.2, 0.25) is 0 Å². The highest BCUT2D eigenvalue weighted by Gasteiger charge is 2.14. The Bertz CT molecular complexity index is 1270. The van der Waals surface area contributed by atoms with Crippen LogP contribution in [-0.2, 0) is 0 Å². The average Bonchev–Trinajstić information content (AvgIpc) is 3.36. The number of halogens is 2. The van der Waals surface area contributed by atoms with Gasteiger partial charge in [0, 0.05) is 11.1 Å². The molecule has 0 unspecified atom stereocenters. The Morgan fingerprint density at radius 1 is 0.750 bits per heavy atom. The Morgan fingerprint density at radius 3 is 2.18 bits per heavy atom. The molecule has 2 heterocycles. The average molecular weight is 373 g/mol. The fourth-order valence-electron chi connectivity index (χ4n) is 3.22. The van der Waals surface area contributed by atoms with Crippen molar-refractivity contribution in [1.29, 1.82) is 0 Å². The molecule has 4 nitrogen and oxygen atoms in total. The summed E-state index contributed by atoms with van der Waals surface area (Å²) >= 11 is 0. The van der Waals surface area contributed by atoms with Crippen LogP contribution in [0.25, 0.3) is 39.2 Å². The highest BCUT2D eigenvalue weighted by Crippen LogP contribution is 2.32. The minimum absolute atomic E-state index is 0.299. The van der Waals surface area contributed by atoms with E-state index in [0.717, 1.165) is 27.9 Å². The van der Waals surface area contributed by atoms with Crippen molar-refractivity contribution in [2.45, 2.75) is 0 Å². The second-order valence-corrected chi connectivity index (χ2v) is 6.36. The number of benzene rings is 3. The van der Waals surface area contributed by atoms with E-state index in [0.29, 0.717) is 11.3 Å². The molecule has 28 heavy (non-hydrogen) atoms. The van der Waals surface area contributed by atoms with Crippen LogP contribution in [0.4, 0.5) is 8.78 Å². The largest absolute Gasteiger partial charge is 0.355 e. The van der Waals surface area contributed by atoms with E-state index in [4.69, 9.17) is 4.52 Å². The van der Waals surface area contributed by atoms with Gasteiger partial charge in [-0.15, -0.1) is 0 Å². The van der Waals surface area contributed by atoms with Gasteiger partial charge in [-0.25, -0.2) is 13.5 Å². The molecular weight excluding hydrogens is 360 g/mol. The van der Waals surface area contributed by atoms with E-state index in [1.54, 1.807) is 35.1 Å². The topological polar surface area (TPSA) is 43.9 Å². The third-order valence-corrected chi connectivity index (χ3v) is 4.59. The van der Waals surface area contributed by atoms with E-state index in [1.165, 1.54) is 24.3 Å². The van der Waals surface area contributed by atoms with Crippen LogP contribution in [0.5, 0.6) is 0 Å². The lowest BCUT2D eigenvalue weighted by Crippen LogP contribution is -1.98. The predicted molar refractivity (Wildman–Crippen MR) is 102 cm³/mol. The normalized spacial score (nSPS) is 11.2. The van der Waals surface area contributed by atoms with Crippen LogP contribution in [0, 0.1) is 11.6 Å². The number of hydrogen-bond acceptors (Lipinski definition) is 3. The van der Waals surface area contributed by atoms with E-state index < -0.39 is 0 Å². The van der Waals surface area contributed by atoms with Gasteiger partial charge >= 0.3 is 0 Å². The Balaban J connectivity index is 1.63. The van der Waals surface area contributed by atoms with E-state index in [1.807, 2.05) is 24.3 Å². The zero-order valence-corrected chi connectivity index (χ0v) is 14.5. The quantitative estimate of drug-likeness (QED) is 0.412. The second kappa shape index (κ2) is 6.42. The molecule has 3 aromatic carbocycles. The Hall–Kier alpha value is -3.80. The molecular formula is C22H13F2N3O. The van der Waals surface area contributed by atoms with Gasteiger partial charge in [0.15, 0.2) is 5.76 Å². The first-order valence-electron chi connectivity index (χ1n) is 8.65. The van der Waals surface area contributed by atoms with E-state index >= 15 is 0 Å². The third kappa shape index (κ3) is 2.75. The maximum absolute atomic E-state index is 13.3. The van der Waals surface area contributed by atoms with Crippen molar-refractivity contribution in [3.05, 3.63) is 90.6 Å². The summed E-state index contributed by atoms with van der Waals surface area (Å²) in [6, 6.07) is 19.9. The van der Waals surface area contributed by atoms with Gasteiger partial charge < -0.3 is 4.52 Å². The Labute approximate surface area is 158 Å². The summed E-state index contributed by atoms with van der Waals surface area (Å²) in [7, 11) is 0. The van der Waals surface area contributed by atoms with Gasteiger partial charge in [0.05, 0.1) is 23.0 Å². The van der Waals surface area contributed by atoms with Gasteiger partial charge in [-0.3, -0.25) is 0 Å². The van der Waals surface area contributed by atoms with Crippen molar-refractivity contribution in [2.24, 2.45) is 0 Å². The minimum atomic E-state index is -0.309. The first-order chi connectivity index (χ1) is 13.7. The predicted octanol–water partition coefficient (Wildman–Crippen LogP) is 5.63. The summed E-state index contributed by atoms with van der Waals surface area (Å²) in [5.41, 5.74) is 3.95. The summed E-state index contributed by atoms with van der Waals surface area (Å²) in [6.45, 7) is 0. The van der Waals surface area contributed by atoms with Crippen molar-refractivity contribution in [1.82, 2.24) is 14.9 Å².